The molecule has 1 aromatic heterocycles. The van der Waals surface area contributed by atoms with E-state index in [0.29, 0.717) is 17.1 Å². The molecule has 0 atom stereocenters. The fourth-order valence-corrected chi connectivity index (χ4v) is 1.81. The van der Waals surface area contributed by atoms with Crippen LogP contribution in [0.4, 0.5) is 15.9 Å². The predicted molar refractivity (Wildman–Crippen MR) is 82.0 cm³/mol. The van der Waals surface area contributed by atoms with Crippen LogP contribution in [0.15, 0.2) is 24.4 Å². The molecule has 0 bridgehead atoms. The summed E-state index contributed by atoms with van der Waals surface area (Å²) in [6.45, 7) is 1.64. The number of hydrogen-bond acceptors (Lipinski definition) is 5. The van der Waals surface area contributed by atoms with Gasteiger partial charge in [0, 0.05) is 19.7 Å². The van der Waals surface area contributed by atoms with E-state index < -0.39 is 11.7 Å². The summed E-state index contributed by atoms with van der Waals surface area (Å²) in [5.41, 5.74) is 1.12. The van der Waals surface area contributed by atoms with E-state index in [9.17, 15) is 9.18 Å². The molecule has 0 saturated carbocycles. The number of methoxy groups -OCH3 is 1. The number of benzene rings is 1. The molecule has 6 nitrogen and oxygen atoms in total. The lowest BCUT2D eigenvalue weighted by Gasteiger charge is -2.16. The van der Waals surface area contributed by atoms with Crippen LogP contribution in [-0.4, -0.2) is 37.1 Å². The fraction of sp³-hybridized carbons (Fsp3) is 0.267. The van der Waals surface area contributed by atoms with Crippen LogP contribution in [0, 0.1) is 12.7 Å². The Hall–Kier alpha value is -2.70. The van der Waals surface area contributed by atoms with Crippen molar-refractivity contribution in [1.29, 1.82) is 0 Å². The van der Waals surface area contributed by atoms with Gasteiger partial charge >= 0.3 is 6.01 Å². The quantitative estimate of drug-likeness (QED) is 0.938. The van der Waals surface area contributed by atoms with Crippen molar-refractivity contribution >= 4 is 17.4 Å². The van der Waals surface area contributed by atoms with Crippen molar-refractivity contribution in [2.45, 2.75) is 6.92 Å². The van der Waals surface area contributed by atoms with Crippen LogP contribution in [0.3, 0.4) is 0 Å². The van der Waals surface area contributed by atoms with E-state index in [1.165, 1.54) is 19.4 Å². The first-order valence-corrected chi connectivity index (χ1v) is 6.58. The van der Waals surface area contributed by atoms with Gasteiger partial charge in [-0.05, 0) is 24.6 Å². The number of carbonyl (C=O) groups excluding carboxylic acids is 1. The first-order valence-electron chi connectivity index (χ1n) is 6.58. The molecule has 7 heteroatoms. The third-order valence-electron chi connectivity index (χ3n) is 3.03. The number of nitrogens with zero attached hydrogens (tertiary/aromatic N) is 3. The van der Waals surface area contributed by atoms with E-state index in [2.05, 4.69) is 15.3 Å². The van der Waals surface area contributed by atoms with Crippen molar-refractivity contribution in [2.75, 3.05) is 31.4 Å². The molecule has 2 aromatic rings. The minimum atomic E-state index is -0.434. The van der Waals surface area contributed by atoms with Gasteiger partial charge in [0.25, 0.3) is 5.91 Å². The molecule has 1 aromatic carbocycles. The largest absolute Gasteiger partial charge is 0.467 e. The second-order valence-corrected chi connectivity index (χ2v) is 4.91. The van der Waals surface area contributed by atoms with Gasteiger partial charge in [-0.3, -0.25) is 4.79 Å². The topological polar surface area (TPSA) is 67.3 Å². The van der Waals surface area contributed by atoms with E-state index in [1.54, 1.807) is 38.1 Å². The van der Waals surface area contributed by atoms with E-state index in [0.717, 1.165) is 0 Å². The molecular formula is C15H17FN4O2. The van der Waals surface area contributed by atoms with Crippen LogP contribution in [0.2, 0.25) is 0 Å². The van der Waals surface area contributed by atoms with Gasteiger partial charge in [-0.25, -0.2) is 9.37 Å². The summed E-state index contributed by atoms with van der Waals surface area (Å²) in [5, 5.41) is 2.68. The van der Waals surface area contributed by atoms with Crippen LogP contribution in [-0.2, 0) is 0 Å². The van der Waals surface area contributed by atoms with Gasteiger partial charge in [0.2, 0.25) is 0 Å². The van der Waals surface area contributed by atoms with Crippen LogP contribution in [0.5, 0.6) is 6.01 Å². The molecule has 2 rings (SSSR count). The summed E-state index contributed by atoms with van der Waals surface area (Å²) in [5.74, 6) is -0.366. The summed E-state index contributed by atoms with van der Waals surface area (Å²) in [6, 6.07) is 4.52. The third kappa shape index (κ3) is 3.30. The number of anilines is 2. The van der Waals surface area contributed by atoms with Gasteiger partial charge in [0.15, 0.2) is 5.82 Å². The highest BCUT2D eigenvalue weighted by Crippen LogP contribution is 2.23. The zero-order valence-corrected chi connectivity index (χ0v) is 12.8. The zero-order valence-electron chi connectivity index (χ0n) is 12.8. The number of ether oxygens (including phenoxy) is 1. The summed E-state index contributed by atoms with van der Waals surface area (Å²) >= 11 is 0. The Balaban J connectivity index is 2.29. The van der Waals surface area contributed by atoms with Gasteiger partial charge < -0.3 is 15.0 Å². The van der Waals surface area contributed by atoms with Crippen molar-refractivity contribution < 1.29 is 13.9 Å². The number of halogens is 1. The second-order valence-electron chi connectivity index (χ2n) is 4.91. The standard InChI is InChI=1S/C15H17FN4O2/c1-9-5-6-10(7-11(9)16)14(21)18-12-8-17-15(22-4)19-13(12)20(2)3/h5-8H,1-4H3,(H,18,21). The number of amides is 1. The number of carbonyl (C=O) groups is 1. The van der Waals surface area contributed by atoms with Gasteiger partial charge in [0.1, 0.15) is 11.5 Å². The molecule has 0 aliphatic rings. The molecular weight excluding hydrogens is 287 g/mol. The maximum absolute atomic E-state index is 13.6. The normalized spacial score (nSPS) is 10.2. The number of aryl methyl sites for hydroxylation is 1. The lowest BCUT2D eigenvalue weighted by molar-refractivity contribution is 0.102. The molecule has 0 unspecified atom stereocenters. The van der Waals surface area contributed by atoms with E-state index in [4.69, 9.17) is 4.74 Å². The summed E-state index contributed by atoms with van der Waals surface area (Å²) < 4.78 is 18.5. The highest BCUT2D eigenvalue weighted by molar-refractivity contribution is 6.05. The van der Waals surface area contributed by atoms with E-state index in [-0.39, 0.29) is 11.6 Å². The maximum Gasteiger partial charge on any atom is 0.318 e. The van der Waals surface area contributed by atoms with Gasteiger partial charge in [-0.15, -0.1) is 0 Å². The minimum Gasteiger partial charge on any atom is -0.467 e. The van der Waals surface area contributed by atoms with Gasteiger partial charge in [-0.2, -0.15) is 4.98 Å². The lowest BCUT2D eigenvalue weighted by atomic mass is 10.1. The van der Waals surface area contributed by atoms with E-state index >= 15 is 0 Å². The Bertz CT molecular complexity index is 704. The first kappa shape index (κ1) is 15.7. The molecule has 0 aliphatic heterocycles. The molecule has 0 radical (unpaired) electrons. The number of aromatic nitrogens is 2. The smallest absolute Gasteiger partial charge is 0.318 e. The summed E-state index contributed by atoms with van der Waals surface area (Å²) in [7, 11) is 5.02. The lowest BCUT2D eigenvalue weighted by Crippen LogP contribution is -2.18. The Kier molecular flexibility index (Phi) is 4.55. The number of nitrogens with one attached hydrogen (secondary N) is 1. The SMILES string of the molecule is COc1ncc(NC(=O)c2ccc(C)c(F)c2)c(N(C)C)n1. The van der Waals surface area contributed by atoms with Gasteiger partial charge in [-0.1, -0.05) is 6.07 Å². The molecule has 1 heterocycles. The molecule has 0 spiro atoms. The zero-order chi connectivity index (χ0) is 16.3. The molecule has 0 fully saturated rings. The minimum absolute atomic E-state index is 0.197. The highest BCUT2D eigenvalue weighted by atomic mass is 19.1. The van der Waals surface area contributed by atoms with Gasteiger partial charge in [0.05, 0.1) is 13.3 Å². The number of hydrogen-bond donors (Lipinski definition) is 1. The molecule has 1 N–H and O–H groups in total. The average Bonchev–Trinajstić information content (AvgIpc) is 2.50. The van der Waals surface area contributed by atoms with Crippen molar-refractivity contribution in [3.8, 4) is 6.01 Å². The number of rotatable bonds is 4. The van der Waals surface area contributed by atoms with Crippen molar-refractivity contribution in [1.82, 2.24) is 9.97 Å². The van der Waals surface area contributed by atoms with Crippen LogP contribution in [0.1, 0.15) is 15.9 Å². The Morgan fingerprint density at radius 3 is 2.68 bits per heavy atom. The van der Waals surface area contributed by atoms with Crippen LogP contribution < -0.4 is 15.0 Å². The molecule has 116 valence electrons. The van der Waals surface area contributed by atoms with Crippen molar-refractivity contribution in [2.24, 2.45) is 0 Å². The Morgan fingerprint density at radius 1 is 1.36 bits per heavy atom. The highest BCUT2D eigenvalue weighted by Gasteiger charge is 2.14. The third-order valence-corrected chi connectivity index (χ3v) is 3.03. The molecule has 22 heavy (non-hydrogen) atoms. The second kappa shape index (κ2) is 6.38. The first-order chi connectivity index (χ1) is 10.4. The molecule has 1 amide bonds. The van der Waals surface area contributed by atoms with Crippen molar-refractivity contribution in [3.05, 3.63) is 41.3 Å². The average molecular weight is 304 g/mol. The van der Waals surface area contributed by atoms with Crippen LogP contribution >= 0.6 is 0 Å². The predicted octanol–water partition coefficient (Wildman–Crippen LogP) is 2.25. The van der Waals surface area contributed by atoms with Crippen molar-refractivity contribution in [3.63, 3.8) is 0 Å². The van der Waals surface area contributed by atoms with Crippen LogP contribution in [0.25, 0.3) is 0 Å². The molecule has 0 aliphatic carbocycles. The fourth-order valence-electron chi connectivity index (χ4n) is 1.81. The van der Waals surface area contributed by atoms with E-state index in [1.807, 2.05) is 0 Å². The Labute approximate surface area is 128 Å². The maximum atomic E-state index is 13.6. The monoisotopic (exact) mass is 304 g/mol. The molecule has 0 saturated heterocycles. The summed E-state index contributed by atoms with van der Waals surface area (Å²) in [6.07, 6.45) is 1.45. The summed E-state index contributed by atoms with van der Waals surface area (Å²) in [4.78, 5) is 22.1. The Morgan fingerprint density at radius 2 is 2.09 bits per heavy atom.